The molecule has 2 heterocycles. The van der Waals surface area contributed by atoms with Crippen LogP contribution in [-0.2, 0) is 21.7 Å². The van der Waals surface area contributed by atoms with Gasteiger partial charge in [0.15, 0.2) is 0 Å². The predicted octanol–water partition coefficient (Wildman–Crippen LogP) is 9.34. The highest BCUT2D eigenvalue weighted by molar-refractivity contribution is 6.99. The lowest BCUT2D eigenvalue weighted by Gasteiger charge is -2.46. The molecule has 0 radical (unpaired) electrons. The van der Waals surface area contributed by atoms with Crippen LogP contribution in [0.4, 0.5) is 17.1 Å². The summed E-state index contributed by atoms with van der Waals surface area (Å²) in [6.45, 7) is 25.8. The first kappa shape index (κ1) is 29.3. The van der Waals surface area contributed by atoms with E-state index >= 15 is 0 Å². The van der Waals surface area contributed by atoms with Gasteiger partial charge < -0.3 is 9.64 Å². The summed E-state index contributed by atoms with van der Waals surface area (Å²) in [5.74, 6) is 2.11. The van der Waals surface area contributed by atoms with Crippen molar-refractivity contribution in [3.05, 3.63) is 94.5 Å². The van der Waals surface area contributed by atoms with Crippen LogP contribution >= 0.6 is 0 Å². The number of nitrogens with zero attached hydrogens (tertiary/aromatic N) is 1. The third kappa shape index (κ3) is 4.37. The molecule has 0 fully saturated rings. The molecule has 0 atom stereocenters. The third-order valence-corrected chi connectivity index (χ3v) is 10.7. The monoisotopic (exact) mass is 581 g/mol. The van der Waals surface area contributed by atoms with Crippen LogP contribution in [0.1, 0.15) is 110 Å². The molecule has 3 aliphatic rings. The molecule has 0 amide bonds. The minimum Gasteiger partial charge on any atom is -0.458 e. The van der Waals surface area contributed by atoms with Crippen molar-refractivity contribution in [1.29, 1.82) is 0 Å². The van der Waals surface area contributed by atoms with Crippen molar-refractivity contribution in [1.82, 2.24) is 0 Å². The molecule has 0 aromatic heterocycles. The van der Waals surface area contributed by atoms with E-state index in [9.17, 15) is 0 Å². The van der Waals surface area contributed by atoms with Gasteiger partial charge in [0.1, 0.15) is 11.5 Å². The van der Waals surface area contributed by atoms with E-state index in [4.69, 9.17) is 4.74 Å². The Bertz CT molecular complexity index is 1810. The normalized spacial score (nSPS) is 17.7. The minimum absolute atomic E-state index is 0.0421. The Balaban J connectivity index is 1.53. The van der Waals surface area contributed by atoms with Crippen LogP contribution in [0.3, 0.4) is 0 Å². The zero-order chi connectivity index (χ0) is 31.6. The Labute approximate surface area is 265 Å². The van der Waals surface area contributed by atoms with Crippen molar-refractivity contribution in [2.75, 3.05) is 4.90 Å². The first-order chi connectivity index (χ1) is 20.5. The van der Waals surface area contributed by atoms with E-state index in [1.807, 2.05) is 0 Å². The molecule has 0 N–H and O–H groups in total. The topological polar surface area (TPSA) is 12.5 Å². The molecular weight excluding hydrogens is 533 g/mol. The molecule has 1 aliphatic carbocycles. The quantitative estimate of drug-likeness (QED) is 0.179. The van der Waals surface area contributed by atoms with Crippen LogP contribution < -0.4 is 26.0 Å². The number of anilines is 3. The van der Waals surface area contributed by atoms with Crippen molar-refractivity contribution in [3.63, 3.8) is 0 Å². The second-order valence-electron chi connectivity index (χ2n) is 17.1. The maximum absolute atomic E-state index is 7.17. The second-order valence-corrected chi connectivity index (χ2v) is 17.1. The van der Waals surface area contributed by atoms with Crippen LogP contribution in [0.15, 0.2) is 66.7 Å². The number of hydrogen-bond acceptors (Lipinski definition) is 2. The molecule has 3 heteroatoms. The Kier molecular flexibility index (Phi) is 6.18. The van der Waals surface area contributed by atoms with E-state index in [-0.39, 0.29) is 28.4 Å². The summed E-state index contributed by atoms with van der Waals surface area (Å²) < 4.78 is 7.17. The SMILES string of the molecule is Cc1cc2c3c(c1)N(c1ccc(C(C)(C)C)cc1)c1ccc(C(C)(C)C)cc1B3c1ccc3c(c1O2)C(C)(C)CCC3(C)C. The average molecular weight is 582 g/mol. The van der Waals surface area contributed by atoms with E-state index in [2.05, 4.69) is 148 Å². The number of rotatable bonds is 1. The van der Waals surface area contributed by atoms with Crippen LogP contribution in [0.25, 0.3) is 0 Å². The molecule has 2 aliphatic heterocycles. The third-order valence-electron chi connectivity index (χ3n) is 10.7. The van der Waals surface area contributed by atoms with Gasteiger partial charge in [0.2, 0.25) is 0 Å². The standard InChI is InChI=1S/C41H48BNO/c1-25-22-33-36-34(23-25)44-37-30(18-17-29-35(37)41(10,11)21-20-40(29,8)9)42(36)31-24-27(39(5,6)7)14-19-32(31)43(33)28-15-12-26(13-16-28)38(2,3)4/h12-19,22-24H,20-21H2,1-11H3. The van der Waals surface area contributed by atoms with Crippen molar-refractivity contribution >= 4 is 40.2 Å². The number of ether oxygens (including phenoxy) is 1. The van der Waals surface area contributed by atoms with Crippen molar-refractivity contribution in [2.45, 2.75) is 111 Å². The van der Waals surface area contributed by atoms with Gasteiger partial charge in [0, 0.05) is 22.6 Å². The van der Waals surface area contributed by atoms with Gasteiger partial charge in [-0.3, -0.25) is 0 Å². The van der Waals surface area contributed by atoms with Crippen molar-refractivity contribution in [2.24, 2.45) is 0 Å². The molecule has 4 aromatic rings. The zero-order valence-corrected chi connectivity index (χ0v) is 28.7. The summed E-state index contributed by atoms with van der Waals surface area (Å²) >= 11 is 0. The summed E-state index contributed by atoms with van der Waals surface area (Å²) in [5, 5.41) is 0. The summed E-state index contributed by atoms with van der Waals surface area (Å²) in [6, 6.07) is 25.9. The molecule has 4 aromatic carbocycles. The highest BCUT2D eigenvalue weighted by Gasteiger charge is 2.47. The summed E-state index contributed by atoms with van der Waals surface area (Å²) in [7, 11) is 0. The Hall–Kier alpha value is -3.46. The lowest BCUT2D eigenvalue weighted by Crippen LogP contribution is -2.60. The minimum atomic E-state index is 0.0421. The number of fused-ring (bicyclic) bond motifs is 6. The van der Waals surface area contributed by atoms with Gasteiger partial charge >= 0.3 is 0 Å². The summed E-state index contributed by atoms with van der Waals surface area (Å²) in [6.07, 6.45) is 2.35. The highest BCUT2D eigenvalue weighted by Crippen LogP contribution is 2.51. The molecular formula is C41H48BNO. The van der Waals surface area contributed by atoms with Gasteiger partial charge in [-0.05, 0) is 110 Å². The fourth-order valence-electron chi connectivity index (χ4n) is 7.92. The van der Waals surface area contributed by atoms with Crippen LogP contribution in [0.5, 0.6) is 11.5 Å². The van der Waals surface area contributed by atoms with Gasteiger partial charge in [-0.25, -0.2) is 0 Å². The molecule has 0 spiro atoms. The smallest absolute Gasteiger partial charge is 0.256 e. The summed E-state index contributed by atoms with van der Waals surface area (Å²) in [5.41, 5.74) is 14.8. The molecule has 0 bridgehead atoms. The Morgan fingerprint density at radius 1 is 0.682 bits per heavy atom. The largest absolute Gasteiger partial charge is 0.458 e. The van der Waals surface area contributed by atoms with E-state index in [1.165, 1.54) is 67.7 Å². The zero-order valence-electron chi connectivity index (χ0n) is 28.7. The van der Waals surface area contributed by atoms with Gasteiger partial charge in [0.05, 0.1) is 0 Å². The molecule has 0 saturated carbocycles. The van der Waals surface area contributed by atoms with Crippen LogP contribution in [0.2, 0.25) is 0 Å². The van der Waals surface area contributed by atoms with E-state index in [1.54, 1.807) is 0 Å². The van der Waals surface area contributed by atoms with Gasteiger partial charge in [-0.2, -0.15) is 0 Å². The van der Waals surface area contributed by atoms with Crippen molar-refractivity contribution in [3.8, 4) is 11.5 Å². The maximum Gasteiger partial charge on any atom is 0.256 e. The first-order valence-corrected chi connectivity index (χ1v) is 16.5. The van der Waals surface area contributed by atoms with Crippen LogP contribution in [0, 0.1) is 6.92 Å². The molecule has 7 rings (SSSR count). The molecule has 44 heavy (non-hydrogen) atoms. The molecule has 0 unspecified atom stereocenters. The Morgan fingerprint density at radius 3 is 1.98 bits per heavy atom. The number of benzene rings is 4. The lowest BCUT2D eigenvalue weighted by molar-refractivity contribution is 0.320. The molecule has 2 nitrogen and oxygen atoms in total. The van der Waals surface area contributed by atoms with E-state index in [0.717, 1.165) is 17.9 Å². The molecule has 226 valence electrons. The van der Waals surface area contributed by atoms with Gasteiger partial charge in [-0.15, -0.1) is 0 Å². The molecule has 0 saturated heterocycles. The first-order valence-electron chi connectivity index (χ1n) is 16.5. The fourth-order valence-corrected chi connectivity index (χ4v) is 7.92. The highest BCUT2D eigenvalue weighted by atomic mass is 16.5. The average Bonchev–Trinajstić information content (AvgIpc) is 2.93. The fraction of sp³-hybridized carbons (Fsp3) is 0.415. The number of aryl methyl sites for hydroxylation is 1. The lowest BCUT2D eigenvalue weighted by atomic mass is 9.33. The van der Waals surface area contributed by atoms with Crippen molar-refractivity contribution < 1.29 is 4.74 Å². The number of hydrogen-bond donors (Lipinski definition) is 0. The Morgan fingerprint density at radius 2 is 1.32 bits per heavy atom. The second kappa shape index (κ2) is 9.29. The van der Waals surface area contributed by atoms with Crippen LogP contribution in [-0.4, -0.2) is 6.71 Å². The van der Waals surface area contributed by atoms with E-state index < -0.39 is 0 Å². The summed E-state index contributed by atoms with van der Waals surface area (Å²) in [4.78, 5) is 2.48. The predicted molar refractivity (Wildman–Crippen MR) is 190 cm³/mol. The van der Waals surface area contributed by atoms with Gasteiger partial charge in [0.25, 0.3) is 6.71 Å². The maximum atomic E-state index is 7.17. The van der Waals surface area contributed by atoms with Gasteiger partial charge in [-0.1, -0.05) is 106 Å². The van der Waals surface area contributed by atoms with E-state index in [0.29, 0.717) is 0 Å².